The summed E-state index contributed by atoms with van der Waals surface area (Å²) in [5.41, 5.74) is 0.487. The number of fused-ring (bicyclic) bond motifs is 5. The van der Waals surface area contributed by atoms with Gasteiger partial charge in [0.1, 0.15) is 0 Å². The number of H-pyrrole nitrogens is 1. The predicted molar refractivity (Wildman–Crippen MR) is 117 cm³/mol. The van der Waals surface area contributed by atoms with Crippen molar-refractivity contribution in [2.45, 2.75) is 71.8 Å². The van der Waals surface area contributed by atoms with Crippen molar-refractivity contribution in [2.24, 2.45) is 34.5 Å². The van der Waals surface area contributed by atoms with Gasteiger partial charge in [-0.3, -0.25) is 19.0 Å². The van der Waals surface area contributed by atoms with Crippen LogP contribution in [0.3, 0.4) is 0 Å². The van der Waals surface area contributed by atoms with Gasteiger partial charge in [-0.1, -0.05) is 19.4 Å². The van der Waals surface area contributed by atoms with Crippen LogP contribution < -0.4 is 11.2 Å². The molecule has 0 saturated heterocycles. The molecule has 4 aliphatic carbocycles. The number of carbonyl (C=O) groups is 2. The first-order chi connectivity index (χ1) is 14.7. The molecular weight excluding hydrogens is 392 g/mol. The van der Waals surface area contributed by atoms with Crippen molar-refractivity contribution in [3.05, 3.63) is 44.8 Å². The summed E-state index contributed by atoms with van der Waals surface area (Å²) in [5, 5.41) is 0. The first kappa shape index (κ1) is 20.7. The number of nitrogens with zero attached hydrogens (tertiary/aromatic N) is 1. The number of allylic oxidation sites excluding steroid dienone is 1. The zero-order valence-corrected chi connectivity index (χ0v) is 18.5. The zero-order chi connectivity index (χ0) is 22.0. The van der Waals surface area contributed by atoms with Gasteiger partial charge < -0.3 is 4.98 Å². The predicted octanol–water partition coefficient (Wildman–Crippen LogP) is 3.25. The third-order valence-corrected chi connectivity index (χ3v) is 9.61. The molecule has 0 aliphatic heterocycles. The lowest BCUT2D eigenvalue weighted by Crippen LogP contribution is -2.51. The van der Waals surface area contributed by atoms with Gasteiger partial charge in [0.25, 0.3) is 5.56 Å². The van der Waals surface area contributed by atoms with Crippen molar-refractivity contribution in [3.63, 3.8) is 0 Å². The molecule has 0 aromatic carbocycles. The Labute approximate surface area is 182 Å². The summed E-state index contributed by atoms with van der Waals surface area (Å²) in [5.74, 6) is 1.89. The lowest BCUT2D eigenvalue weighted by atomic mass is 9.46. The number of hydrogen-bond donors (Lipinski definition) is 1. The van der Waals surface area contributed by atoms with Crippen LogP contribution >= 0.6 is 0 Å². The highest BCUT2D eigenvalue weighted by atomic mass is 16.2. The van der Waals surface area contributed by atoms with E-state index in [1.165, 1.54) is 17.8 Å². The standard InChI is InChI=1S/C25H32N2O4/c1-24-10-7-16(28)13-15(24)3-4-17-18-5-6-20(25(18,2)11-8-19(17)24)21(29)14-27-22(30)9-12-26-23(27)31/h9,12-13,17-20H,3-8,10-11,14H2,1-2H3,(H,26,31). The zero-order valence-electron chi connectivity index (χ0n) is 18.5. The third kappa shape index (κ3) is 3.05. The molecule has 4 aliphatic rings. The highest BCUT2D eigenvalue weighted by molar-refractivity contribution is 5.91. The van der Waals surface area contributed by atoms with Gasteiger partial charge in [-0.25, -0.2) is 4.79 Å². The number of nitrogens with one attached hydrogen (secondary N) is 1. The van der Waals surface area contributed by atoms with Crippen LogP contribution in [-0.4, -0.2) is 21.1 Å². The van der Waals surface area contributed by atoms with Crippen LogP contribution in [0, 0.1) is 34.5 Å². The van der Waals surface area contributed by atoms with Crippen LogP contribution in [0.1, 0.15) is 65.2 Å². The SMILES string of the molecule is CC12CCC(=O)C=C1CCC1C2CCC2(C)C(C(=O)Cn3c(=O)cc[nH]c3=O)CCC12. The lowest BCUT2D eigenvalue weighted by Gasteiger charge is -2.58. The summed E-state index contributed by atoms with van der Waals surface area (Å²) in [6, 6.07) is 1.29. The van der Waals surface area contributed by atoms with Gasteiger partial charge in [0, 0.05) is 24.6 Å². The van der Waals surface area contributed by atoms with Gasteiger partial charge in [-0.15, -0.1) is 0 Å². The number of ketones is 2. The minimum absolute atomic E-state index is 0.0214. The van der Waals surface area contributed by atoms with Crippen molar-refractivity contribution in [2.75, 3.05) is 0 Å². The molecule has 3 fully saturated rings. The van der Waals surface area contributed by atoms with Crippen LogP contribution in [0.25, 0.3) is 0 Å². The van der Waals surface area contributed by atoms with Crippen LogP contribution in [0.5, 0.6) is 0 Å². The maximum Gasteiger partial charge on any atom is 0.328 e. The van der Waals surface area contributed by atoms with E-state index < -0.39 is 11.2 Å². The Bertz CT molecular complexity index is 1050. The van der Waals surface area contributed by atoms with E-state index in [1.54, 1.807) is 0 Å². The highest BCUT2D eigenvalue weighted by Gasteiger charge is 2.60. The Hall–Kier alpha value is -2.24. The van der Waals surface area contributed by atoms with Gasteiger partial charge in [0.15, 0.2) is 11.6 Å². The minimum atomic E-state index is -0.518. The largest absolute Gasteiger partial charge is 0.328 e. The molecule has 3 saturated carbocycles. The molecule has 0 amide bonds. The fraction of sp³-hybridized carbons (Fsp3) is 0.680. The van der Waals surface area contributed by atoms with Crippen LogP contribution in [-0.2, 0) is 16.1 Å². The van der Waals surface area contributed by atoms with Crippen molar-refractivity contribution < 1.29 is 9.59 Å². The molecule has 6 unspecified atom stereocenters. The molecule has 1 aromatic rings. The lowest BCUT2D eigenvalue weighted by molar-refractivity contribution is -0.131. The summed E-state index contributed by atoms with van der Waals surface area (Å²) in [7, 11) is 0. The Morgan fingerprint density at radius 2 is 1.87 bits per heavy atom. The van der Waals surface area contributed by atoms with Gasteiger partial charge in [-0.2, -0.15) is 0 Å². The molecule has 0 radical (unpaired) electrons. The van der Waals surface area contributed by atoms with E-state index in [9.17, 15) is 19.2 Å². The molecule has 0 spiro atoms. The normalized spacial score (nSPS) is 39.3. The second-order valence-corrected chi connectivity index (χ2v) is 10.8. The Kier molecular flexibility index (Phi) is 4.76. The Balaban J connectivity index is 1.40. The van der Waals surface area contributed by atoms with Gasteiger partial charge in [-0.05, 0) is 79.6 Å². The fourth-order valence-corrected chi connectivity index (χ4v) is 7.96. The number of Topliss-reactive ketones (excluding diaryl/α,β-unsaturated/α-hetero) is 1. The summed E-state index contributed by atoms with van der Waals surface area (Å²) in [6.45, 7) is 4.51. The number of aromatic amines is 1. The van der Waals surface area contributed by atoms with Gasteiger partial charge >= 0.3 is 5.69 Å². The maximum absolute atomic E-state index is 13.3. The monoisotopic (exact) mass is 424 g/mol. The van der Waals surface area contributed by atoms with Crippen molar-refractivity contribution in [1.29, 1.82) is 0 Å². The Morgan fingerprint density at radius 3 is 2.65 bits per heavy atom. The van der Waals surface area contributed by atoms with Gasteiger partial charge in [0.2, 0.25) is 0 Å². The van der Waals surface area contributed by atoms with E-state index in [0.717, 1.165) is 49.5 Å². The molecule has 1 N–H and O–H groups in total. The second-order valence-electron chi connectivity index (χ2n) is 10.8. The van der Waals surface area contributed by atoms with Gasteiger partial charge in [0.05, 0.1) is 6.54 Å². The van der Waals surface area contributed by atoms with Crippen LogP contribution in [0.4, 0.5) is 0 Å². The fourth-order valence-electron chi connectivity index (χ4n) is 7.96. The first-order valence-corrected chi connectivity index (χ1v) is 11.8. The topological polar surface area (TPSA) is 89.0 Å². The minimum Gasteiger partial charge on any atom is -0.314 e. The summed E-state index contributed by atoms with van der Waals surface area (Å²) in [4.78, 5) is 52.0. The summed E-state index contributed by atoms with van der Waals surface area (Å²) in [6.07, 6.45) is 11.0. The molecule has 31 heavy (non-hydrogen) atoms. The van der Waals surface area contributed by atoms with Crippen LogP contribution in [0.2, 0.25) is 0 Å². The van der Waals surface area contributed by atoms with E-state index in [-0.39, 0.29) is 34.9 Å². The van der Waals surface area contributed by atoms with E-state index in [0.29, 0.717) is 24.2 Å². The van der Waals surface area contributed by atoms with Crippen molar-refractivity contribution >= 4 is 11.6 Å². The summed E-state index contributed by atoms with van der Waals surface area (Å²) >= 11 is 0. The van der Waals surface area contributed by atoms with Crippen molar-refractivity contribution in [3.8, 4) is 0 Å². The second kappa shape index (κ2) is 7.14. The first-order valence-electron chi connectivity index (χ1n) is 11.8. The quantitative estimate of drug-likeness (QED) is 0.807. The molecule has 6 heteroatoms. The summed E-state index contributed by atoms with van der Waals surface area (Å²) < 4.78 is 1.03. The molecule has 6 nitrogen and oxygen atoms in total. The molecule has 0 bridgehead atoms. The third-order valence-electron chi connectivity index (χ3n) is 9.61. The smallest absolute Gasteiger partial charge is 0.314 e. The molecular formula is C25H32N2O4. The highest BCUT2D eigenvalue weighted by Crippen LogP contribution is 2.66. The molecule has 5 rings (SSSR count). The van der Waals surface area contributed by atoms with E-state index in [1.807, 2.05) is 6.08 Å². The average molecular weight is 425 g/mol. The van der Waals surface area contributed by atoms with Crippen LogP contribution in [0.15, 0.2) is 33.5 Å². The van der Waals surface area contributed by atoms with E-state index >= 15 is 0 Å². The molecule has 1 aromatic heterocycles. The number of carbonyl (C=O) groups excluding carboxylic acids is 2. The van der Waals surface area contributed by atoms with E-state index in [4.69, 9.17) is 0 Å². The number of hydrogen-bond acceptors (Lipinski definition) is 4. The average Bonchev–Trinajstić information content (AvgIpc) is 3.08. The molecule has 166 valence electrons. The van der Waals surface area contributed by atoms with Crippen molar-refractivity contribution in [1.82, 2.24) is 9.55 Å². The maximum atomic E-state index is 13.3. The molecule has 6 atom stereocenters. The Morgan fingerprint density at radius 1 is 1.06 bits per heavy atom. The van der Waals surface area contributed by atoms with E-state index in [2.05, 4.69) is 18.8 Å². The number of aromatic nitrogens is 2. The molecule has 1 heterocycles. The number of rotatable bonds is 3.